The second-order valence-corrected chi connectivity index (χ2v) is 2.81. The number of aromatic nitrogens is 2. The van der Waals surface area contributed by atoms with Crippen LogP contribution >= 0.6 is 11.6 Å². The van der Waals surface area contributed by atoms with Crippen molar-refractivity contribution < 1.29 is 8.83 Å². The third kappa shape index (κ3) is 1.58. The molecule has 0 aliphatic carbocycles. The van der Waals surface area contributed by atoms with Gasteiger partial charge in [-0.25, -0.2) is 0 Å². The molecule has 0 aliphatic rings. The van der Waals surface area contributed by atoms with E-state index in [1.165, 1.54) is 0 Å². The molecule has 0 aromatic carbocycles. The van der Waals surface area contributed by atoms with Crippen LogP contribution in [0.2, 0.25) is 0 Å². The lowest BCUT2D eigenvalue weighted by molar-refractivity contribution is 0.483. The number of furan rings is 1. The first-order chi connectivity index (χ1) is 6.29. The molecule has 0 atom stereocenters. The fourth-order valence-corrected chi connectivity index (χ4v) is 1.06. The second-order valence-electron chi connectivity index (χ2n) is 2.54. The average molecular weight is 199 g/mol. The number of rotatable bonds is 2. The van der Waals surface area contributed by atoms with Crippen LogP contribution in [0.25, 0.3) is 11.7 Å². The van der Waals surface area contributed by atoms with Crippen molar-refractivity contribution in [3.8, 4) is 11.7 Å². The predicted molar refractivity (Wildman–Crippen MR) is 46.3 cm³/mol. The summed E-state index contributed by atoms with van der Waals surface area (Å²) in [5.74, 6) is 2.35. The fraction of sp³-hybridized carbons (Fsp3) is 0.250. The summed E-state index contributed by atoms with van der Waals surface area (Å²) >= 11 is 5.51. The monoisotopic (exact) mass is 198 g/mol. The van der Waals surface area contributed by atoms with E-state index < -0.39 is 0 Å². The third-order valence-electron chi connectivity index (χ3n) is 1.53. The van der Waals surface area contributed by atoms with Gasteiger partial charge in [0.25, 0.3) is 5.89 Å². The van der Waals surface area contributed by atoms with Crippen molar-refractivity contribution >= 4 is 11.6 Å². The third-order valence-corrected chi connectivity index (χ3v) is 1.76. The van der Waals surface area contributed by atoms with Crippen LogP contribution in [0.15, 0.2) is 21.0 Å². The molecule has 0 aliphatic heterocycles. The highest BCUT2D eigenvalue weighted by Gasteiger charge is 2.10. The molecule has 0 amide bonds. The van der Waals surface area contributed by atoms with Gasteiger partial charge < -0.3 is 8.83 Å². The van der Waals surface area contributed by atoms with Crippen molar-refractivity contribution in [1.29, 1.82) is 0 Å². The minimum Gasteiger partial charge on any atom is -0.456 e. The van der Waals surface area contributed by atoms with Crippen molar-refractivity contribution in [3.63, 3.8) is 0 Å². The first-order valence-electron chi connectivity index (χ1n) is 3.75. The van der Waals surface area contributed by atoms with E-state index in [0.29, 0.717) is 17.5 Å². The molecular weight excluding hydrogens is 192 g/mol. The Labute approximate surface area is 79.5 Å². The molecule has 4 nitrogen and oxygen atoms in total. The molecule has 5 heteroatoms. The lowest BCUT2D eigenvalue weighted by Gasteiger charge is -1.85. The summed E-state index contributed by atoms with van der Waals surface area (Å²) in [5, 5.41) is 7.49. The van der Waals surface area contributed by atoms with Crippen molar-refractivity contribution in [2.24, 2.45) is 0 Å². The molecule has 0 N–H and O–H groups in total. The predicted octanol–water partition coefficient (Wildman–Crippen LogP) is 2.38. The number of nitrogens with zero attached hydrogens (tertiary/aromatic N) is 2. The average Bonchev–Trinajstić information content (AvgIpc) is 2.71. The smallest absolute Gasteiger partial charge is 0.283 e. The van der Waals surface area contributed by atoms with Gasteiger partial charge >= 0.3 is 0 Å². The van der Waals surface area contributed by atoms with E-state index in [-0.39, 0.29) is 5.88 Å². The van der Waals surface area contributed by atoms with Gasteiger partial charge in [0, 0.05) is 0 Å². The van der Waals surface area contributed by atoms with Gasteiger partial charge in [-0.15, -0.1) is 21.8 Å². The summed E-state index contributed by atoms with van der Waals surface area (Å²) in [6, 6.07) is 3.61. The van der Waals surface area contributed by atoms with Crippen LogP contribution in [-0.2, 0) is 5.88 Å². The standard InChI is InChI=1S/C8H7ClN2O2/c1-5-2-3-6(12-5)8-11-10-7(4-9)13-8/h2-3H,4H2,1H3. The van der Waals surface area contributed by atoms with E-state index in [4.69, 9.17) is 20.4 Å². The maximum Gasteiger partial charge on any atom is 0.283 e. The molecule has 0 bridgehead atoms. The van der Waals surface area contributed by atoms with Crippen LogP contribution in [-0.4, -0.2) is 10.2 Å². The van der Waals surface area contributed by atoms with E-state index in [0.717, 1.165) is 5.76 Å². The molecule has 0 radical (unpaired) electrons. The molecule has 0 saturated carbocycles. The fourth-order valence-electron chi connectivity index (χ4n) is 0.957. The Morgan fingerprint density at radius 3 is 2.69 bits per heavy atom. The van der Waals surface area contributed by atoms with Crippen LogP contribution in [0, 0.1) is 6.92 Å². The molecule has 68 valence electrons. The Morgan fingerprint density at radius 2 is 2.15 bits per heavy atom. The molecule has 0 unspecified atom stereocenters. The minimum atomic E-state index is 0.215. The van der Waals surface area contributed by atoms with Gasteiger partial charge in [-0.3, -0.25) is 0 Å². The number of aryl methyl sites for hydroxylation is 1. The van der Waals surface area contributed by atoms with Gasteiger partial charge in [0.1, 0.15) is 11.6 Å². The zero-order valence-electron chi connectivity index (χ0n) is 6.95. The number of hydrogen-bond acceptors (Lipinski definition) is 4. The molecule has 0 spiro atoms. The Hall–Kier alpha value is -1.29. The SMILES string of the molecule is Cc1ccc(-c2nnc(CCl)o2)o1. The summed E-state index contributed by atoms with van der Waals surface area (Å²) < 4.78 is 10.5. The van der Waals surface area contributed by atoms with Gasteiger partial charge in [-0.1, -0.05) is 0 Å². The summed E-state index contributed by atoms with van der Waals surface area (Å²) in [4.78, 5) is 0. The van der Waals surface area contributed by atoms with Gasteiger partial charge in [-0.2, -0.15) is 0 Å². The van der Waals surface area contributed by atoms with Gasteiger partial charge in [0.05, 0.1) is 0 Å². The van der Waals surface area contributed by atoms with Crippen LogP contribution in [0.4, 0.5) is 0 Å². The zero-order chi connectivity index (χ0) is 9.26. The highest BCUT2D eigenvalue weighted by Crippen LogP contribution is 2.20. The van der Waals surface area contributed by atoms with Gasteiger partial charge in [-0.05, 0) is 19.1 Å². The summed E-state index contributed by atoms with van der Waals surface area (Å²) in [6.45, 7) is 1.85. The van der Waals surface area contributed by atoms with E-state index in [9.17, 15) is 0 Å². The van der Waals surface area contributed by atoms with Gasteiger partial charge in [0.15, 0.2) is 5.76 Å². The maximum atomic E-state index is 5.51. The lowest BCUT2D eigenvalue weighted by atomic mass is 10.4. The van der Waals surface area contributed by atoms with Crippen molar-refractivity contribution in [3.05, 3.63) is 23.8 Å². The second kappa shape index (κ2) is 3.22. The summed E-state index contributed by atoms with van der Waals surface area (Å²) in [5.41, 5.74) is 0. The number of halogens is 1. The van der Waals surface area contributed by atoms with Crippen molar-refractivity contribution in [2.45, 2.75) is 12.8 Å². The Kier molecular flexibility index (Phi) is 2.06. The van der Waals surface area contributed by atoms with Crippen LogP contribution in [0.5, 0.6) is 0 Å². The Bertz CT molecular complexity index is 408. The van der Waals surface area contributed by atoms with Crippen LogP contribution < -0.4 is 0 Å². The highest BCUT2D eigenvalue weighted by molar-refractivity contribution is 6.16. The molecule has 2 heterocycles. The molecular formula is C8H7ClN2O2. The van der Waals surface area contributed by atoms with E-state index >= 15 is 0 Å². The maximum absolute atomic E-state index is 5.51. The lowest BCUT2D eigenvalue weighted by Crippen LogP contribution is -1.74. The Balaban J connectivity index is 2.35. The molecule has 2 rings (SSSR count). The van der Waals surface area contributed by atoms with Gasteiger partial charge in [0.2, 0.25) is 5.89 Å². The highest BCUT2D eigenvalue weighted by atomic mass is 35.5. The van der Waals surface area contributed by atoms with Crippen LogP contribution in [0.1, 0.15) is 11.7 Å². The molecule has 13 heavy (non-hydrogen) atoms. The molecule has 0 fully saturated rings. The van der Waals surface area contributed by atoms with E-state index in [2.05, 4.69) is 10.2 Å². The number of alkyl halides is 1. The molecule has 2 aromatic rings. The summed E-state index contributed by atoms with van der Waals surface area (Å²) in [6.07, 6.45) is 0. The quantitative estimate of drug-likeness (QED) is 0.696. The van der Waals surface area contributed by atoms with Crippen LogP contribution in [0.3, 0.4) is 0 Å². The largest absolute Gasteiger partial charge is 0.456 e. The van der Waals surface area contributed by atoms with E-state index in [1.54, 1.807) is 6.07 Å². The topological polar surface area (TPSA) is 52.1 Å². The normalized spacial score (nSPS) is 10.6. The summed E-state index contributed by atoms with van der Waals surface area (Å²) in [7, 11) is 0. The molecule has 2 aromatic heterocycles. The Morgan fingerprint density at radius 1 is 1.31 bits per heavy atom. The zero-order valence-corrected chi connectivity index (χ0v) is 7.71. The first-order valence-corrected chi connectivity index (χ1v) is 4.28. The minimum absolute atomic E-state index is 0.215. The van der Waals surface area contributed by atoms with Crippen molar-refractivity contribution in [2.75, 3.05) is 0 Å². The van der Waals surface area contributed by atoms with Crippen molar-refractivity contribution in [1.82, 2.24) is 10.2 Å². The molecule has 0 saturated heterocycles. The van der Waals surface area contributed by atoms with E-state index in [1.807, 2.05) is 13.0 Å². The number of hydrogen-bond donors (Lipinski definition) is 0. The first kappa shape index (κ1) is 8.31.